The zero-order valence-corrected chi connectivity index (χ0v) is 14.9. The maximum Gasteiger partial charge on any atom is 0.263 e. The monoisotopic (exact) mass is 428 g/mol. The van der Waals surface area contributed by atoms with Crippen molar-refractivity contribution in [3.05, 3.63) is 56.5 Å². The van der Waals surface area contributed by atoms with Crippen LogP contribution < -0.4 is 4.72 Å². The van der Waals surface area contributed by atoms with E-state index in [2.05, 4.69) is 36.6 Å². The smallest absolute Gasteiger partial charge is 0.263 e. The highest BCUT2D eigenvalue weighted by Crippen LogP contribution is 2.28. The molecule has 0 heterocycles. The highest BCUT2D eigenvalue weighted by Gasteiger charge is 2.19. The quantitative estimate of drug-likeness (QED) is 0.794. The molecular formula is C14H10Br2N2O2S. The van der Waals surface area contributed by atoms with Gasteiger partial charge in [-0.05, 0) is 58.7 Å². The Morgan fingerprint density at radius 1 is 1.14 bits per heavy atom. The van der Waals surface area contributed by atoms with E-state index >= 15 is 0 Å². The van der Waals surface area contributed by atoms with Crippen LogP contribution in [0.5, 0.6) is 0 Å². The summed E-state index contributed by atoms with van der Waals surface area (Å²) in [6, 6.07) is 11.7. The van der Waals surface area contributed by atoms with Gasteiger partial charge in [0, 0.05) is 8.95 Å². The lowest BCUT2D eigenvalue weighted by Crippen LogP contribution is -2.14. The van der Waals surface area contributed by atoms with Crippen molar-refractivity contribution >= 4 is 47.6 Å². The van der Waals surface area contributed by atoms with E-state index in [4.69, 9.17) is 5.26 Å². The van der Waals surface area contributed by atoms with Gasteiger partial charge in [-0.3, -0.25) is 4.72 Å². The van der Waals surface area contributed by atoms with Gasteiger partial charge in [-0.2, -0.15) is 5.26 Å². The standard InChI is InChI=1S/C14H10Br2N2O2S/c1-9-2-3-10(8-17)6-13(9)18-21(19,20)14-7-11(15)4-5-12(14)16/h2-7,18H,1H3. The first-order chi connectivity index (χ1) is 9.83. The van der Waals surface area contributed by atoms with E-state index in [0.29, 0.717) is 20.2 Å². The molecule has 0 saturated carbocycles. The third-order valence-corrected chi connectivity index (χ3v) is 5.65. The van der Waals surface area contributed by atoms with E-state index in [1.165, 1.54) is 12.1 Å². The number of sulfonamides is 1. The van der Waals surface area contributed by atoms with E-state index in [9.17, 15) is 8.42 Å². The molecule has 1 N–H and O–H groups in total. The Balaban J connectivity index is 2.47. The van der Waals surface area contributed by atoms with E-state index in [1.807, 2.05) is 6.07 Å². The lowest BCUT2D eigenvalue weighted by molar-refractivity contribution is 0.600. The summed E-state index contributed by atoms with van der Waals surface area (Å²) in [7, 11) is -3.75. The van der Waals surface area contributed by atoms with Crippen molar-refractivity contribution < 1.29 is 8.42 Å². The molecule has 108 valence electrons. The summed E-state index contributed by atoms with van der Waals surface area (Å²) in [5, 5.41) is 8.91. The first kappa shape index (κ1) is 16.0. The Hall–Kier alpha value is -1.36. The fourth-order valence-corrected chi connectivity index (χ4v) is 4.31. The summed E-state index contributed by atoms with van der Waals surface area (Å²) < 4.78 is 28.6. The van der Waals surface area contributed by atoms with Gasteiger partial charge in [0.1, 0.15) is 4.90 Å². The number of hydrogen-bond acceptors (Lipinski definition) is 3. The third kappa shape index (κ3) is 3.64. The van der Waals surface area contributed by atoms with Crippen LogP contribution in [0.1, 0.15) is 11.1 Å². The average molecular weight is 430 g/mol. The molecule has 0 aromatic heterocycles. The molecule has 0 bridgehead atoms. The lowest BCUT2D eigenvalue weighted by Gasteiger charge is -2.12. The molecule has 0 fully saturated rings. The number of rotatable bonds is 3. The second kappa shape index (κ2) is 6.18. The molecule has 0 aliphatic rings. The molecule has 0 aliphatic heterocycles. The topological polar surface area (TPSA) is 70.0 Å². The fraction of sp³-hybridized carbons (Fsp3) is 0.0714. The summed E-state index contributed by atoms with van der Waals surface area (Å²) in [4.78, 5) is 0.124. The van der Waals surface area contributed by atoms with Gasteiger partial charge in [-0.1, -0.05) is 22.0 Å². The molecule has 0 unspecified atom stereocenters. The molecule has 4 nitrogen and oxygen atoms in total. The van der Waals surface area contributed by atoms with E-state index in [-0.39, 0.29) is 4.90 Å². The summed E-state index contributed by atoms with van der Waals surface area (Å²) in [6.45, 7) is 1.77. The fourth-order valence-electron chi connectivity index (χ4n) is 1.68. The minimum Gasteiger partial charge on any atom is -0.279 e. The summed E-state index contributed by atoms with van der Waals surface area (Å²) in [5.41, 5.74) is 1.52. The van der Waals surface area contributed by atoms with Crippen molar-refractivity contribution in [2.24, 2.45) is 0 Å². The second-order valence-electron chi connectivity index (χ2n) is 4.32. The van der Waals surface area contributed by atoms with Crippen molar-refractivity contribution in [2.75, 3.05) is 4.72 Å². The number of nitrogens with one attached hydrogen (secondary N) is 1. The number of halogens is 2. The summed E-state index contributed by atoms with van der Waals surface area (Å²) in [6.07, 6.45) is 0. The average Bonchev–Trinajstić information content (AvgIpc) is 2.43. The van der Waals surface area contributed by atoms with Gasteiger partial charge in [-0.25, -0.2) is 8.42 Å². The number of aryl methyl sites for hydroxylation is 1. The van der Waals surface area contributed by atoms with Gasteiger partial charge in [-0.15, -0.1) is 0 Å². The van der Waals surface area contributed by atoms with Crippen molar-refractivity contribution in [3.8, 4) is 6.07 Å². The number of benzene rings is 2. The predicted molar refractivity (Wildman–Crippen MR) is 88.5 cm³/mol. The number of anilines is 1. The highest BCUT2D eigenvalue weighted by molar-refractivity contribution is 9.11. The normalized spacial score (nSPS) is 11.0. The van der Waals surface area contributed by atoms with Gasteiger partial charge in [0.15, 0.2) is 0 Å². The van der Waals surface area contributed by atoms with E-state index in [0.717, 1.165) is 5.56 Å². The van der Waals surface area contributed by atoms with Crippen LogP contribution in [0.15, 0.2) is 50.2 Å². The Labute approximate surface area is 140 Å². The van der Waals surface area contributed by atoms with E-state index < -0.39 is 10.0 Å². The molecule has 0 spiro atoms. The van der Waals surface area contributed by atoms with Crippen molar-refractivity contribution in [2.45, 2.75) is 11.8 Å². The first-order valence-electron chi connectivity index (χ1n) is 5.82. The minimum absolute atomic E-state index is 0.124. The van der Waals surface area contributed by atoms with Gasteiger partial charge in [0.05, 0.1) is 17.3 Å². The molecule has 2 rings (SSSR count). The van der Waals surface area contributed by atoms with Crippen LogP contribution in [-0.2, 0) is 10.0 Å². The number of hydrogen-bond donors (Lipinski definition) is 1. The Morgan fingerprint density at radius 3 is 2.52 bits per heavy atom. The molecular weight excluding hydrogens is 420 g/mol. The Kier molecular flexibility index (Phi) is 4.71. The van der Waals surface area contributed by atoms with Crippen LogP contribution >= 0.6 is 31.9 Å². The molecule has 2 aromatic rings. The Morgan fingerprint density at radius 2 is 1.86 bits per heavy atom. The second-order valence-corrected chi connectivity index (χ2v) is 7.74. The maximum absolute atomic E-state index is 12.5. The lowest BCUT2D eigenvalue weighted by atomic mass is 10.1. The van der Waals surface area contributed by atoms with Crippen LogP contribution in [0.4, 0.5) is 5.69 Å². The van der Waals surface area contributed by atoms with Crippen molar-refractivity contribution in [3.63, 3.8) is 0 Å². The van der Waals surface area contributed by atoms with Crippen molar-refractivity contribution in [1.29, 1.82) is 5.26 Å². The molecule has 2 aromatic carbocycles. The maximum atomic E-state index is 12.5. The van der Waals surface area contributed by atoms with Crippen LogP contribution in [-0.4, -0.2) is 8.42 Å². The van der Waals surface area contributed by atoms with E-state index in [1.54, 1.807) is 31.2 Å². The first-order valence-corrected chi connectivity index (χ1v) is 8.89. The van der Waals surface area contributed by atoms with Crippen LogP contribution in [0.3, 0.4) is 0 Å². The zero-order valence-electron chi connectivity index (χ0n) is 10.9. The molecule has 0 radical (unpaired) electrons. The number of nitriles is 1. The van der Waals surface area contributed by atoms with Crippen LogP contribution in [0.2, 0.25) is 0 Å². The van der Waals surface area contributed by atoms with Crippen LogP contribution in [0.25, 0.3) is 0 Å². The summed E-state index contributed by atoms with van der Waals surface area (Å²) in [5.74, 6) is 0. The van der Waals surface area contributed by atoms with Gasteiger partial charge >= 0.3 is 0 Å². The summed E-state index contributed by atoms with van der Waals surface area (Å²) >= 11 is 6.49. The molecule has 0 aliphatic carbocycles. The highest BCUT2D eigenvalue weighted by atomic mass is 79.9. The van der Waals surface area contributed by atoms with Crippen LogP contribution in [0, 0.1) is 18.3 Å². The van der Waals surface area contributed by atoms with Gasteiger partial charge in [0.25, 0.3) is 10.0 Å². The largest absolute Gasteiger partial charge is 0.279 e. The molecule has 0 saturated heterocycles. The molecule has 21 heavy (non-hydrogen) atoms. The minimum atomic E-state index is -3.75. The van der Waals surface area contributed by atoms with Crippen molar-refractivity contribution in [1.82, 2.24) is 0 Å². The Bertz CT molecular complexity index is 843. The third-order valence-electron chi connectivity index (χ3n) is 2.79. The molecule has 0 amide bonds. The van der Waals surface area contributed by atoms with Gasteiger partial charge in [0.2, 0.25) is 0 Å². The molecule has 7 heteroatoms. The van der Waals surface area contributed by atoms with Gasteiger partial charge < -0.3 is 0 Å². The SMILES string of the molecule is Cc1ccc(C#N)cc1NS(=O)(=O)c1cc(Br)ccc1Br. The number of nitrogens with zero attached hydrogens (tertiary/aromatic N) is 1. The molecule has 0 atom stereocenters. The predicted octanol–water partition coefficient (Wildman–Crippen LogP) is 4.19. The zero-order chi connectivity index (χ0) is 15.6.